The van der Waals surface area contributed by atoms with Crippen LogP contribution in [0.3, 0.4) is 0 Å². The zero-order chi connectivity index (χ0) is 11.9. The van der Waals surface area contributed by atoms with E-state index >= 15 is 0 Å². The van der Waals surface area contributed by atoms with Crippen molar-refractivity contribution < 1.29 is 14.0 Å². The van der Waals surface area contributed by atoms with Gasteiger partial charge in [0.2, 0.25) is 0 Å². The Labute approximate surface area is 94.3 Å². The smallest absolute Gasteiger partial charge is 0.308 e. The van der Waals surface area contributed by atoms with Gasteiger partial charge in [-0.05, 0) is 19.5 Å². The van der Waals surface area contributed by atoms with Crippen LogP contribution in [0, 0.1) is 0 Å². The van der Waals surface area contributed by atoms with E-state index in [4.69, 9.17) is 9.16 Å². The van der Waals surface area contributed by atoms with Crippen molar-refractivity contribution in [3.05, 3.63) is 0 Å². The van der Waals surface area contributed by atoms with Gasteiger partial charge in [-0.2, -0.15) is 0 Å². The maximum absolute atomic E-state index is 11.6. The van der Waals surface area contributed by atoms with Crippen molar-refractivity contribution in [1.29, 1.82) is 0 Å². The lowest BCUT2D eigenvalue weighted by molar-refractivity contribution is -0.143. The van der Waals surface area contributed by atoms with Gasteiger partial charge < -0.3 is 9.16 Å². The standard InChI is InChI=1S/C11H24O3Si/c1-6-7-8-9-14-11(12)10(2)15(4,5)13-3/h10H,6-9H2,1-5H3. The van der Waals surface area contributed by atoms with Crippen LogP contribution in [0.15, 0.2) is 0 Å². The number of carbonyl (C=O) groups is 1. The molecule has 0 spiro atoms. The van der Waals surface area contributed by atoms with Crippen molar-refractivity contribution >= 4 is 14.3 Å². The zero-order valence-electron chi connectivity index (χ0n) is 10.6. The van der Waals surface area contributed by atoms with Gasteiger partial charge in [-0.15, -0.1) is 0 Å². The highest BCUT2D eigenvalue weighted by Gasteiger charge is 2.35. The molecule has 90 valence electrons. The molecule has 1 unspecified atom stereocenters. The lowest BCUT2D eigenvalue weighted by Crippen LogP contribution is -2.38. The minimum absolute atomic E-state index is 0.0934. The van der Waals surface area contributed by atoms with Crippen LogP contribution in [0.2, 0.25) is 18.6 Å². The normalized spacial score (nSPS) is 13.7. The summed E-state index contributed by atoms with van der Waals surface area (Å²) < 4.78 is 10.6. The molecule has 0 heterocycles. The van der Waals surface area contributed by atoms with E-state index in [0.29, 0.717) is 6.61 Å². The largest absolute Gasteiger partial charge is 0.466 e. The first kappa shape index (κ1) is 14.6. The predicted molar refractivity (Wildman–Crippen MR) is 64.4 cm³/mol. The summed E-state index contributed by atoms with van der Waals surface area (Å²) in [6.07, 6.45) is 3.22. The highest BCUT2D eigenvalue weighted by molar-refractivity contribution is 6.75. The molecule has 0 aliphatic heterocycles. The van der Waals surface area contributed by atoms with Crippen LogP contribution in [0.1, 0.15) is 33.1 Å². The van der Waals surface area contributed by atoms with Gasteiger partial charge in [-0.3, -0.25) is 4.79 Å². The van der Waals surface area contributed by atoms with Gasteiger partial charge in [0.1, 0.15) is 0 Å². The maximum atomic E-state index is 11.6. The van der Waals surface area contributed by atoms with E-state index in [1.54, 1.807) is 7.11 Å². The molecule has 0 radical (unpaired) electrons. The van der Waals surface area contributed by atoms with Crippen LogP contribution >= 0.6 is 0 Å². The molecule has 3 nitrogen and oxygen atoms in total. The van der Waals surface area contributed by atoms with E-state index in [1.807, 2.05) is 20.0 Å². The summed E-state index contributed by atoms with van der Waals surface area (Å²) in [5, 5.41) is 0. The Kier molecular flexibility index (Phi) is 6.84. The van der Waals surface area contributed by atoms with E-state index in [2.05, 4.69) is 6.92 Å². The van der Waals surface area contributed by atoms with Crippen molar-refractivity contribution in [2.24, 2.45) is 0 Å². The highest BCUT2D eigenvalue weighted by Crippen LogP contribution is 2.23. The van der Waals surface area contributed by atoms with Crippen molar-refractivity contribution in [1.82, 2.24) is 0 Å². The Bertz CT molecular complexity index is 192. The summed E-state index contributed by atoms with van der Waals surface area (Å²) in [6.45, 7) is 8.64. The minimum Gasteiger partial charge on any atom is -0.466 e. The quantitative estimate of drug-likeness (QED) is 0.384. The Hall–Kier alpha value is -0.353. The van der Waals surface area contributed by atoms with E-state index in [1.165, 1.54) is 0 Å². The number of esters is 1. The fourth-order valence-corrected chi connectivity index (χ4v) is 2.11. The average molecular weight is 232 g/mol. The van der Waals surface area contributed by atoms with E-state index in [-0.39, 0.29) is 11.5 Å². The van der Waals surface area contributed by atoms with Crippen LogP contribution in [-0.4, -0.2) is 28.0 Å². The summed E-state index contributed by atoms with van der Waals surface area (Å²) in [5.74, 6) is -0.107. The van der Waals surface area contributed by atoms with Gasteiger partial charge >= 0.3 is 5.97 Å². The Morgan fingerprint density at radius 1 is 1.33 bits per heavy atom. The molecular weight excluding hydrogens is 208 g/mol. The molecule has 0 saturated heterocycles. The first-order chi connectivity index (χ1) is 6.95. The van der Waals surface area contributed by atoms with Crippen molar-refractivity contribution in [2.75, 3.05) is 13.7 Å². The van der Waals surface area contributed by atoms with Crippen molar-refractivity contribution in [3.8, 4) is 0 Å². The SMILES string of the molecule is CCCCCOC(=O)C(C)[Si](C)(C)OC. The molecule has 4 heteroatoms. The van der Waals surface area contributed by atoms with Gasteiger partial charge in [0, 0.05) is 7.11 Å². The van der Waals surface area contributed by atoms with Gasteiger partial charge in [0.15, 0.2) is 8.32 Å². The molecule has 0 aliphatic carbocycles. The van der Waals surface area contributed by atoms with Crippen molar-refractivity contribution in [2.45, 2.75) is 51.7 Å². The molecule has 0 saturated carbocycles. The fraction of sp³-hybridized carbons (Fsp3) is 0.909. The second-order valence-electron chi connectivity index (χ2n) is 4.40. The van der Waals surface area contributed by atoms with Gasteiger partial charge in [0.25, 0.3) is 0 Å². The molecule has 0 amide bonds. The van der Waals surface area contributed by atoms with Crippen LogP contribution in [0.4, 0.5) is 0 Å². The molecule has 0 N–H and O–H groups in total. The third kappa shape index (κ3) is 5.32. The van der Waals surface area contributed by atoms with E-state index in [9.17, 15) is 4.79 Å². The number of unbranched alkanes of at least 4 members (excludes halogenated alkanes) is 2. The highest BCUT2D eigenvalue weighted by atomic mass is 28.4. The zero-order valence-corrected chi connectivity index (χ0v) is 11.6. The summed E-state index contributed by atoms with van der Waals surface area (Å²) in [5.41, 5.74) is -0.0934. The van der Waals surface area contributed by atoms with E-state index in [0.717, 1.165) is 19.3 Å². The summed E-state index contributed by atoms with van der Waals surface area (Å²) >= 11 is 0. The van der Waals surface area contributed by atoms with Crippen LogP contribution in [0.25, 0.3) is 0 Å². The molecule has 0 aromatic rings. The molecule has 15 heavy (non-hydrogen) atoms. The Morgan fingerprint density at radius 3 is 2.40 bits per heavy atom. The number of rotatable bonds is 7. The molecule has 0 rings (SSSR count). The number of ether oxygens (including phenoxy) is 1. The lowest BCUT2D eigenvalue weighted by Gasteiger charge is -2.25. The van der Waals surface area contributed by atoms with Gasteiger partial charge in [0.05, 0.1) is 12.1 Å². The molecule has 0 aliphatic rings. The summed E-state index contributed by atoms with van der Waals surface area (Å²) in [7, 11) is -0.213. The van der Waals surface area contributed by atoms with Crippen LogP contribution in [-0.2, 0) is 14.0 Å². The van der Waals surface area contributed by atoms with Crippen molar-refractivity contribution in [3.63, 3.8) is 0 Å². The topological polar surface area (TPSA) is 35.5 Å². The first-order valence-corrected chi connectivity index (χ1v) is 8.66. The van der Waals surface area contributed by atoms with Gasteiger partial charge in [-0.1, -0.05) is 26.7 Å². The minimum atomic E-state index is -1.89. The molecule has 0 aromatic heterocycles. The third-order valence-corrected chi connectivity index (χ3v) is 6.29. The van der Waals surface area contributed by atoms with E-state index < -0.39 is 8.32 Å². The monoisotopic (exact) mass is 232 g/mol. The molecule has 0 fully saturated rings. The second kappa shape index (κ2) is 7.01. The predicted octanol–water partition coefficient (Wildman–Crippen LogP) is 2.96. The maximum Gasteiger partial charge on any atom is 0.308 e. The number of hydrogen-bond donors (Lipinski definition) is 0. The van der Waals surface area contributed by atoms with Crippen LogP contribution in [0.5, 0.6) is 0 Å². The Balaban J connectivity index is 3.89. The molecular formula is C11H24O3Si. The lowest BCUT2D eigenvalue weighted by atomic mass is 10.3. The third-order valence-electron chi connectivity index (χ3n) is 2.91. The average Bonchev–Trinajstić information content (AvgIpc) is 2.23. The van der Waals surface area contributed by atoms with Crippen LogP contribution < -0.4 is 0 Å². The molecule has 1 atom stereocenters. The second-order valence-corrected chi connectivity index (χ2v) is 8.89. The van der Waals surface area contributed by atoms with Gasteiger partial charge in [-0.25, -0.2) is 0 Å². The molecule has 0 aromatic carbocycles. The summed E-state index contributed by atoms with van der Waals surface area (Å²) in [6, 6.07) is 0. The Morgan fingerprint density at radius 2 is 1.93 bits per heavy atom. The fourth-order valence-electron chi connectivity index (χ4n) is 1.11. The molecule has 0 bridgehead atoms. The number of hydrogen-bond acceptors (Lipinski definition) is 3. The number of carbonyl (C=O) groups excluding carboxylic acids is 1. The summed E-state index contributed by atoms with van der Waals surface area (Å²) in [4.78, 5) is 11.6. The first-order valence-electron chi connectivity index (χ1n) is 5.67.